The molecule has 0 aliphatic rings. The zero-order valence-electron chi connectivity index (χ0n) is 15.8. The van der Waals surface area contributed by atoms with Gasteiger partial charge >= 0.3 is 0 Å². The molecule has 0 spiro atoms. The lowest BCUT2D eigenvalue weighted by atomic mass is 10.1. The summed E-state index contributed by atoms with van der Waals surface area (Å²) >= 11 is 0. The molecule has 0 bridgehead atoms. The van der Waals surface area contributed by atoms with Gasteiger partial charge in [0.15, 0.2) is 0 Å². The lowest BCUT2D eigenvalue weighted by Crippen LogP contribution is -2.15. The number of hydrogen-bond acceptors (Lipinski definition) is 3. The van der Waals surface area contributed by atoms with E-state index in [2.05, 4.69) is 19.2 Å². The summed E-state index contributed by atoms with van der Waals surface area (Å²) in [7, 11) is 0. The molecule has 4 heteroatoms. The largest absolute Gasteiger partial charge is 0.493 e. The monoisotopic (exact) mass is 355 g/mol. The normalized spacial score (nSPS) is 10.4. The highest BCUT2D eigenvalue weighted by Gasteiger charge is 2.14. The molecule has 0 fully saturated rings. The molecule has 1 N–H and O–H groups in total. The summed E-state index contributed by atoms with van der Waals surface area (Å²) in [5.41, 5.74) is 1.21. The van der Waals surface area contributed by atoms with Crippen LogP contribution in [-0.4, -0.2) is 19.1 Å². The van der Waals surface area contributed by atoms with Crippen LogP contribution in [0.1, 0.15) is 56.3 Å². The van der Waals surface area contributed by atoms with E-state index in [0.29, 0.717) is 36.0 Å². The Morgan fingerprint density at radius 3 is 2.19 bits per heavy atom. The first-order valence-corrected chi connectivity index (χ1v) is 9.51. The maximum absolute atomic E-state index is 12.8. The topological polar surface area (TPSA) is 47.6 Å². The summed E-state index contributed by atoms with van der Waals surface area (Å²) in [6.07, 6.45) is 5.30. The molecule has 0 aliphatic carbocycles. The van der Waals surface area contributed by atoms with E-state index >= 15 is 0 Å². The molecule has 0 saturated carbocycles. The van der Waals surface area contributed by atoms with Gasteiger partial charge in [0.1, 0.15) is 11.5 Å². The minimum Gasteiger partial charge on any atom is -0.493 e. The van der Waals surface area contributed by atoms with Gasteiger partial charge in [-0.05, 0) is 37.1 Å². The molecule has 1 amide bonds. The van der Waals surface area contributed by atoms with E-state index in [0.717, 1.165) is 32.1 Å². The van der Waals surface area contributed by atoms with Crippen molar-refractivity contribution in [1.29, 1.82) is 0 Å². The van der Waals surface area contributed by atoms with Crippen LogP contribution in [0.5, 0.6) is 11.5 Å². The van der Waals surface area contributed by atoms with Crippen LogP contribution in [0, 0.1) is 0 Å². The van der Waals surface area contributed by atoms with E-state index in [4.69, 9.17) is 9.47 Å². The molecular weight excluding hydrogens is 326 g/mol. The Bertz CT molecular complexity index is 685. The van der Waals surface area contributed by atoms with Crippen molar-refractivity contribution in [2.75, 3.05) is 18.5 Å². The molecule has 0 aromatic heterocycles. The third-order valence-corrected chi connectivity index (χ3v) is 4.03. The van der Waals surface area contributed by atoms with Crippen LogP contribution in [0.2, 0.25) is 0 Å². The van der Waals surface area contributed by atoms with Gasteiger partial charge in [-0.25, -0.2) is 0 Å². The lowest BCUT2D eigenvalue weighted by Gasteiger charge is -2.14. The van der Waals surface area contributed by atoms with Gasteiger partial charge in [0.2, 0.25) is 0 Å². The minimum absolute atomic E-state index is 0.192. The summed E-state index contributed by atoms with van der Waals surface area (Å²) in [6.45, 7) is 5.53. The fraction of sp³-hybridized carbons (Fsp3) is 0.409. The second kappa shape index (κ2) is 11.2. The number of carbonyl (C=O) groups excluding carboxylic acids is 1. The van der Waals surface area contributed by atoms with Gasteiger partial charge < -0.3 is 14.8 Å². The fourth-order valence-corrected chi connectivity index (χ4v) is 2.53. The van der Waals surface area contributed by atoms with E-state index in [1.54, 1.807) is 6.07 Å². The van der Waals surface area contributed by atoms with Crippen molar-refractivity contribution in [3.05, 3.63) is 54.1 Å². The van der Waals surface area contributed by atoms with E-state index < -0.39 is 0 Å². The van der Waals surface area contributed by atoms with Gasteiger partial charge in [0, 0.05) is 0 Å². The third kappa shape index (κ3) is 6.10. The maximum atomic E-state index is 12.8. The molecule has 0 unspecified atom stereocenters. The van der Waals surface area contributed by atoms with E-state index in [9.17, 15) is 4.79 Å². The highest BCUT2D eigenvalue weighted by Crippen LogP contribution is 2.26. The molecule has 26 heavy (non-hydrogen) atoms. The molecule has 4 nitrogen and oxygen atoms in total. The fourth-order valence-electron chi connectivity index (χ4n) is 2.53. The standard InChI is InChI=1S/C22H29NO3/c1-3-5-11-17-25-20-14-9-7-12-18(20)22(24)23-19-13-8-10-15-21(19)26-16-6-4-2/h7-10,12-15H,3-6,11,16-17H2,1-2H3,(H,23,24). The summed E-state index contributed by atoms with van der Waals surface area (Å²) < 4.78 is 11.6. The molecule has 140 valence electrons. The number of ether oxygens (including phenoxy) is 2. The Balaban J connectivity index is 2.06. The van der Waals surface area contributed by atoms with Gasteiger partial charge in [-0.2, -0.15) is 0 Å². The van der Waals surface area contributed by atoms with Crippen LogP contribution < -0.4 is 14.8 Å². The zero-order chi connectivity index (χ0) is 18.6. The van der Waals surface area contributed by atoms with Crippen molar-refractivity contribution in [2.45, 2.75) is 46.0 Å². The highest BCUT2D eigenvalue weighted by molar-refractivity contribution is 6.06. The number of amides is 1. The number of carbonyl (C=O) groups is 1. The Kier molecular flexibility index (Phi) is 8.53. The number of hydrogen-bond donors (Lipinski definition) is 1. The van der Waals surface area contributed by atoms with Crippen molar-refractivity contribution in [3.63, 3.8) is 0 Å². The Labute approximate surface area is 156 Å². The molecule has 0 radical (unpaired) electrons. The predicted molar refractivity (Wildman–Crippen MR) is 106 cm³/mol. The van der Waals surface area contributed by atoms with Crippen LogP contribution in [0.25, 0.3) is 0 Å². The summed E-state index contributed by atoms with van der Waals surface area (Å²) in [5.74, 6) is 1.11. The first-order chi connectivity index (χ1) is 12.8. The molecule has 2 aromatic carbocycles. The number of rotatable bonds is 11. The van der Waals surface area contributed by atoms with E-state index in [-0.39, 0.29) is 5.91 Å². The average Bonchev–Trinajstić information content (AvgIpc) is 2.67. The first kappa shape index (κ1) is 19.8. The van der Waals surface area contributed by atoms with Crippen molar-refractivity contribution in [3.8, 4) is 11.5 Å². The van der Waals surface area contributed by atoms with Gasteiger partial charge in [-0.3, -0.25) is 4.79 Å². The summed E-state index contributed by atoms with van der Waals surface area (Å²) in [4.78, 5) is 12.8. The molecule has 2 aromatic rings. The van der Waals surface area contributed by atoms with Gasteiger partial charge in [0.05, 0.1) is 24.5 Å². The second-order valence-corrected chi connectivity index (χ2v) is 6.20. The van der Waals surface area contributed by atoms with Crippen LogP contribution in [0.15, 0.2) is 48.5 Å². The molecular formula is C22H29NO3. The van der Waals surface area contributed by atoms with Crippen molar-refractivity contribution < 1.29 is 14.3 Å². The minimum atomic E-state index is -0.192. The van der Waals surface area contributed by atoms with Gasteiger partial charge in [-0.15, -0.1) is 0 Å². The summed E-state index contributed by atoms with van der Waals surface area (Å²) in [6, 6.07) is 14.9. The predicted octanol–water partition coefficient (Wildman–Crippen LogP) is 5.69. The van der Waals surface area contributed by atoms with Crippen molar-refractivity contribution in [1.82, 2.24) is 0 Å². The van der Waals surface area contributed by atoms with E-state index in [1.807, 2.05) is 42.5 Å². The number of benzene rings is 2. The number of anilines is 1. The third-order valence-electron chi connectivity index (χ3n) is 4.03. The smallest absolute Gasteiger partial charge is 0.259 e. The van der Waals surface area contributed by atoms with Crippen molar-refractivity contribution >= 4 is 11.6 Å². The van der Waals surface area contributed by atoms with Crippen LogP contribution in [-0.2, 0) is 0 Å². The lowest BCUT2D eigenvalue weighted by molar-refractivity contribution is 0.102. The molecule has 0 saturated heterocycles. The van der Waals surface area contributed by atoms with Crippen molar-refractivity contribution in [2.24, 2.45) is 0 Å². The quantitative estimate of drug-likeness (QED) is 0.527. The number of para-hydroxylation sites is 3. The van der Waals surface area contributed by atoms with E-state index in [1.165, 1.54) is 0 Å². The van der Waals surface area contributed by atoms with Gasteiger partial charge in [-0.1, -0.05) is 57.4 Å². The molecule has 2 rings (SSSR count). The first-order valence-electron chi connectivity index (χ1n) is 9.51. The molecule has 0 aliphatic heterocycles. The zero-order valence-corrected chi connectivity index (χ0v) is 15.8. The Morgan fingerprint density at radius 1 is 0.808 bits per heavy atom. The number of nitrogens with one attached hydrogen (secondary N) is 1. The SMILES string of the molecule is CCCCCOc1ccccc1C(=O)Nc1ccccc1OCCCC. The van der Waals surface area contributed by atoms with Gasteiger partial charge in [0.25, 0.3) is 5.91 Å². The molecule has 0 atom stereocenters. The highest BCUT2D eigenvalue weighted by atomic mass is 16.5. The molecule has 0 heterocycles. The maximum Gasteiger partial charge on any atom is 0.259 e. The number of unbranched alkanes of at least 4 members (excludes halogenated alkanes) is 3. The van der Waals surface area contributed by atoms with Crippen LogP contribution >= 0.6 is 0 Å². The second-order valence-electron chi connectivity index (χ2n) is 6.20. The van der Waals surface area contributed by atoms with Crippen LogP contribution in [0.4, 0.5) is 5.69 Å². The Hall–Kier alpha value is -2.49. The Morgan fingerprint density at radius 2 is 1.42 bits per heavy atom. The average molecular weight is 355 g/mol. The van der Waals surface area contributed by atoms with Crippen LogP contribution in [0.3, 0.4) is 0 Å². The summed E-state index contributed by atoms with van der Waals surface area (Å²) in [5, 5.41) is 2.95.